The number of rotatable bonds is 6. The third-order valence-corrected chi connectivity index (χ3v) is 8.49. The Morgan fingerprint density at radius 3 is 0.921 bits per heavy atom. The summed E-state index contributed by atoms with van der Waals surface area (Å²) in [5, 5.41) is 2.67. The van der Waals surface area contributed by atoms with Gasteiger partial charge in [0.05, 0.1) is 62.4 Å². The molecule has 0 aromatic heterocycles. The summed E-state index contributed by atoms with van der Waals surface area (Å²) in [6.07, 6.45) is 0. The summed E-state index contributed by atoms with van der Waals surface area (Å²) in [6, 6.07) is 5.57. The molecule has 0 aliphatic carbocycles. The third kappa shape index (κ3) is 5.73. The van der Waals surface area contributed by atoms with Crippen LogP contribution in [0.15, 0.2) is 24.3 Å². The van der Waals surface area contributed by atoms with Crippen molar-refractivity contribution in [2.75, 3.05) is 10.6 Å². The van der Waals surface area contributed by atoms with Gasteiger partial charge in [0.1, 0.15) is 0 Å². The molecule has 3 aromatic rings. The molecule has 0 spiro atoms. The summed E-state index contributed by atoms with van der Waals surface area (Å²) in [6.45, 7) is 0. The summed E-state index contributed by atoms with van der Waals surface area (Å²) in [5.74, 6) is -3.86. The minimum absolute atomic E-state index is 0.204. The maximum atomic E-state index is 12.9. The average Bonchev–Trinajstić information content (AvgIpc) is 2.85. The van der Waals surface area contributed by atoms with Gasteiger partial charge in [-0.3, -0.25) is 19.2 Å². The van der Waals surface area contributed by atoms with E-state index in [4.69, 9.17) is 104 Å². The van der Waals surface area contributed by atoms with E-state index in [-0.39, 0.29) is 62.7 Å². The second-order valence-electron chi connectivity index (χ2n) is 7.23. The molecule has 3 rings (SSSR count). The molecule has 0 aliphatic rings. The van der Waals surface area contributed by atoms with Gasteiger partial charge in [0.2, 0.25) is 0 Å². The summed E-state index contributed by atoms with van der Waals surface area (Å²) >= 11 is 48.3. The second-order valence-corrected chi connectivity index (χ2v) is 10.2. The number of amides is 4. The number of benzene rings is 3. The molecule has 0 radical (unpaired) electrons. The minimum atomic E-state index is -1.06. The fourth-order valence-corrected chi connectivity index (χ4v) is 5.24. The van der Waals surface area contributed by atoms with Crippen LogP contribution in [0.2, 0.25) is 40.2 Å². The van der Waals surface area contributed by atoms with Crippen molar-refractivity contribution < 1.29 is 19.2 Å². The van der Waals surface area contributed by atoms with E-state index in [1.54, 1.807) is 0 Å². The minimum Gasteiger partial charge on any atom is -0.366 e. The van der Waals surface area contributed by atoms with Gasteiger partial charge in [0.15, 0.2) is 0 Å². The highest BCUT2D eigenvalue weighted by atomic mass is 35.5. The monoisotopic (exact) mass is 674 g/mol. The first kappa shape index (κ1) is 30.4. The Morgan fingerprint density at radius 1 is 0.447 bits per heavy atom. The van der Waals surface area contributed by atoms with E-state index in [2.05, 4.69) is 10.6 Å². The van der Waals surface area contributed by atoms with Gasteiger partial charge < -0.3 is 22.1 Å². The first-order valence-electron chi connectivity index (χ1n) is 9.73. The van der Waals surface area contributed by atoms with Crippen LogP contribution in [0.5, 0.6) is 0 Å². The Balaban J connectivity index is 1.90. The zero-order valence-electron chi connectivity index (χ0n) is 18.1. The van der Waals surface area contributed by atoms with Crippen LogP contribution in [-0.2, 0) is 0 Å². The molecule has 0 fully saturated rings. The number of anilines is 2. The molecular formula is C22H10Cl8N4O4. The normalized spacial score (nSPS) is 10.7. The van der Waals surface area contributed by atoms with Crippen molar-refractivity contribution in [3.63, 3.8) is 0 Å². The van der Waals surface area contributed by atoms with Gasteiger partial charge in [-0.1, -0.05) is 92.8 Å². The van der Waals surface area contributed by atoms with E-state index in [0.717, 1.165) is 0 Å². The molecule has 8 nitrogen and oxygen atoms in total. The Bertz CT molecular complexity index is 1430. The van der Waals surface area contributed by atoms with Gasteiger partial charge in [0.25, 0.3) is 23.6 Å². The number of hydrogen-bond acceptors (Lipinski definition) is 4. The van der Waals surface area contributed by atoms with Crippen molar-refractivity contribution in [1.82, 2.24) is 0 Å². The van der Waals surface area contributed by atoms with Crippen LogP contribution in [0.1, 0.15) is 41.4 Å². The number of carbonyl (C=O) groups is 4. The maximum Gasteiger partial charge on any atom is 0.258 e. The molecule has 0 bridgehead atoms. The summed E-state index contributed by atoms with van der Waals surface area (Å²) in [5.41, 5.74) is 9.49. The molecule has 198 valence electrons. The summed E-state index contributed by atoms with van der Waals surface area (Å²) in [4.78, 5) is 49.7. The molecule has 0 heterocycles. The molecule has 0 aliphatic heterocycles. The molecule has 0 unspecified atom stereocenters. The van der Waals surface area contributed by atoms with Gasteiger partial charge in [-0.15, -0.1) is 0 Å². The predicted octanol–water partition coefficient (Wildman–Crippen LogP) is 7.62. The van der Waals surface area contributed by atoms with Gasteiger partial charge >= 0.3 is 0 Å². The van der Waals surface area contributed by atoms with E-state index >= 15 is 0 Å². The predicted molar refractivity (Wildman–Crippen MR) is 152 cm³/mol. The second kappa shape index (κ2) is 11.9. The summed E-state index contributed by atoms with van der Waals surface area (Å²) < 4.78 is 0. The number of nitrogens with two attached hydrogens (primary N) is 2. The van der Waals surface area contributed by atoms with E-state index < -0.39 is 34.8 Å². The van der Waals surface area contributed by atoms with Crippen molar-refractivity contribution in [2.24, 2.45) is 11.5 Å². The zero-order valence-corrected chi connectivity index (χ0v) is 24.2. The fraction of sp³-hybridized carbons (Fsp3) is 0. The van der Waals surface area contributed by atoms with Gasteiger partial charge in [0, 0.05) is 11.4 Å². The zero-order chi connectivity index (χ0) is 28.6. The van der Waals surface area contributed by atoms with Gasteiger partial charge in [-0.05, 0) is 24.3 Å². The molecule has 4 amide bonds. The van der Waals surface area contributed by atoms with Crippen LogP contribution in [0.25, 0.3) is 0 Å². The Hall–Kier alpha value is -2.14. The lowest BCUT2D eigenvalue weighted by Gasteiger charge is -2.15. The Labute approximate surface area is 254 Å². The van der Waals surface area contributed by atoms with E-state index in [0.29, 0.717) is 0 Å². The smallest absolute Gasteiger partial charge is 0.258 e. The number of halogens is 8. The largest absolute Gasteiger partial charge is 0.366 e. The molecule has 16 heteroatoms. The van der Waals surface area contributed by atoms with Crippen molar-refractivity contribution >= 4 is 128 Å². The number of carbonyl (C=O) groups excluding carboxylic acids is 4. The standard InChI is InChI=1S/C22H10Cl8N4O4/c23-11-7(19(31)35)9(13(25)17(29)15(11)27)21(37)33-5-1-2-6(4-3-5)34-22(38)10-8(20(32)36)12(24)16(28)18(30)14(10)26/h1-4H,(H2,31,35)(H2,32,36)(H,33,37)(H,34,38). The lowest BCUT2D eigenvalue weighted by Crippen LogP contribution is -2.22. The molecular weight excluding hydrogens is 668 g/mol. The van der Waals surface area contributed by atoms with Gasteiger partial charge in [-0.2, -0.15) is 0 Å². The van der Waals surface area contributed by atoms with Crippen molar-refractivity contribution in [3.05, 3.63) is 86.7 Å². The van der Waals surface area contributed by atoms with Crippen LogP contribution in [-0.4, -0.2) is 23.6 Å². The van der Waals surface area contributed by atoms with E-state index in [1.165, 1.54) is 24.3 Å². The molecule has 0 saturated heterocycles. The lowest BCUT2D eigenvalue weighted by atomic mass is 10.1. The highest BCUT2D eigenvalue weighted by Crippen LogP contribution is 2.43. The van der Waals surface area contributed by atoms with Crippen LogP contribution in [0.3, 0.4) is 0 Å². The van der Waals surface area contributed by atoms with Crippen molar-refractivity contribution in [2.45, 2.75) is 0 Å². The van der Waals surface area contributed by atoms with Crippen molar-refractivity contribution in [3.8, 4) is 0 Å². The molecule has 38 heavy (non-hydrogen) atoms. The SMILES string of the molecule is NC(=O)c1c(Cl)c(Cl)c(Cl)c(Cl)c1C(=O)Nc1ccc(NC(=O)c2c(Cl)c(Cl)c(Cl)c(Cl)c2C(N)=O)cc1. The van der Waals surface area contributed by atoms with Crippen LogP contribution >= 0.6 is 92.8 Å². The average molecular weight is 678 g/mol. The number of hydrogen-bond donors (Lipinski definition) is 4. The molecule has 0 saturated carbocycles. The van der Waals surface area contributed by atoms with Crippen molar-refractivity contribution in [1.29, 1.82) is 0 Å². The van der Waals surface area contributed by atoms with Crippen LogP contribution < -0.4 is 22.1 Å². The Kier molecular flexibility index (Phi) is 9.55. The Morgan fingerprint density at radius 2 is 0.684 bits per heavy atom. The van der Waals surface area contributed by atoms with E-state index in [9.17, 15) is 19.2 Å². The maximum absolute atomic E-state index is 12.9. The highest BCUT2D eigenvalue weighted by molar-refractivity contribution is 6.55. The topological polar surface area (TPSA) is 144 Å². The summed E-state index contributed by atoms with van der Waals surface area (Å²) in [7, 11) is 0. The molecule has 3 aromatic carbocycles. The number of primary amides is 2. The fourth-order valence-electron chi connectivity index (χ4n) is 3.18. The first-order valence-corrected chi connectivity index (χ1v) is 12.8. The quantitative estimate of drug-likeness (QED) is 0.157. The highest BCUT2D eigenvalue weighted by Gasteiger charge is 2.29. The van der Waals surface area contributed by atoms with Gasteiger partial charge in [-0.25, -0.2) is 0 Å². The van der Waals surface area contributed by atoms with Crippen LogP contribution in [0.4, 0.5) is 11.4 Å². The lowest BCUT2D eigenvalue weighted by molar-refractivity contribution is 0.0976. The number of nitrogens with one attached hydrogen (secondary N) is 2. The van der Waals surface area contributed by atoms with E-state index in [1.807, 2.05) is 0 Å². The third-order valence-electron chi connectivity index (χ3n) is 4.88. The first-order chi connectivity index (χ1) is 17.7. The molecule has 6 N–H and O–H groups in total. The van der Waals surface area contributed by atoms with Crippen LogP contribution in [0, 0.1) is 0 Å². The molecule has 0 atom stereocenters.